The van der Waals surface area contributed by atoms with E-state index in [0.29, 0.717) is 17.3 Å². The summed E-state index contributed by atoms with van der Waals surface area (Å²) < 4.78 is 5.81. The third-order valence-electron chi connectivity index (χ3n) is 5.34. The third-order valence-corrected chi connectivity index (χ3v) is 5.59. The maximum atomic E-state index is 13.1. The lowest BCUT2D eigenvalue weighted by atomic mass is 10.1. The minimum atomic E-state index is -0.635. The lowest BCUT2D eigenvalue weighted by molar-refractivity contribution is -0.142. The molecule has 0 fully saturated rings. The zero-order chi connectivity index (χ0) is 22.3. The minimum absolute atomic E-state index is 0.0404. The van der Waals surface area contributed by atoms with Gasteiger partial charge in [-0.05, 0) is 69.0 Å². The molecule has 2 aromatic rings. The van der Waals surface area contributed by atoms with Crippen LogP contribution in [0.15, 0.2) is 42.5 Å². The van der Waals surface area contributed by atoms with Crippen molar-refractivity contribution in [1.82, 2.24) is 10.2 Å². The van der Waals surface area contributed by atoms with Gasteiger partial charge >= 0.3 is 0 Å². The first-order valence-electron chi connectivity index (χ1n) is 10.3. The Morgan fingerprint density at radius 3 is 2.40 bits per heavy atom. The van der Waals surface area contributed by atoms with E-state index in [0.717, 1.165) is 23.1 Å². The van der Waals surface area contributed by atoms with E-state index >= 15 is 0 Å². The van der Waals surface area contributed by atoms with Crippen molar-refractivity contribution in [2.24, 2.45) is 0 Å². The Hall–Kier alpha value is -2.53. The van der Waals surface area contributed by atoms with Crippen LogP contribution in [0, 0.1) is 13.8 Å². The maximum absolute atomic E-state index is 13.1. The number of rotatable bonds is 9. The van der Waals surface area contributed by atoms with Crippen molar-refractivity contribution in [2.75, 3.05) is 6.61 Å². The number of hydrogen-bond donors (Lipinski definition) is 1. The summed E-state index contributed by atoms with van der Waals surface area (Å²) in [5, 5.41) is 3.58. The van der Waals surface area contributed by atoms with Gasteiger partial charge < -0.3 is 15.0 Å². The molecule has 0 bridgehead atoms. The second-order valence-electron chi connectivity index (χ2n) is 7.63. The number of nitrogens with one attached hydrogen (secondary N) is 1. The molecular weight excluding hydrogens is 400 g/mol. The average molecular weight is 431 g/mol. The molecule has 0 aromatic heterocycles. The molecular formula is C24H31ClN2O3. The topological polar surface area (TPSA) is 58.6 Å². The summed E-state index contributed by atoms with van der Waals surface area (Å²) in [6.45, 7) is 9.80. The van der Waals surface area contributed by atoms with E-state index in [4.69, 9.17) is 16.3 Å². The number of amides is 2. The van der Waals surface area contributed by atoms with Crippen LogP contribution in [0.1, 0.15) is 43.9 Å². The molecule has 30 heavy (non-hydrogen) atoms. The van der Waals surface area contributed by atoms with Crippen LogP contribution in [0.3, 0.4) is 0 Å². The lowest BCUT2D eigenvalue weighted by Gasteiger charge is -2.29. The van der Waals surface area contributed by atoms with E-state index in [1.165, 1.54) is 0 Å². The van der Waals surface area contributed by atoms with Gasteiger partial charge in [-0.3, -0.25) is 9.59 Å². The largest absolute Gasteiger partial charge is 0.483 e. The van der Waals surface area contributed by atoms with Gasteiger partial charge in [0.1, 0.15) is 11.8 Å². The fourth-order valence-electron chi connectivity index (χ4n) is 2.94. The highest BCUT2D eigenvalue weighted by Gasteiger charge is 2.27. The molecule has 0 aliphatic heterocycles. The highest BCUT2D eigenvalue weighted by molar-refractivity contribution is 6.30. The van der Waals surface area contributed by atoms with Gasteiger partial charge in [0.25, 0.3) is 5.91 Å². The monoisotopic (exact) mass is 430 g/mol. The van der Waals surface area contributed by atoms with Gasteiger partial charge in [0.2, 0.25) is 5.91 Å². The molecule has 2 atom stereocenters. The number of aryl methyl sites for hydroxylation is 1. The number of carbonyl (C=O) groups excluding carboxylic acids is 2. The van der Waals surface area contributed by atoms with Crippen molar-refractivity contribution in [2.45, 2.75) is 59.7 Å². The van der Waals surface area contributed by atoms with Gasteiger partial charge in [0.15, 0.2) is 6.61 Å². The minimum Gasteiger partial charge on any atom is -0.483 e. The van der Waals surface area contributed by atoms with Gasteiger partial charge in [0, 0.05) is 17.6 Å². The van der Waals surface area contributed by atoms with Crippen LogP contribution < -0.4 is 10.1 Å². The van der Waals surface area contributed by atoms with Crippen molar-refractivity contribution < 1.29 is 14.3 Å². The third kappa shape index (κ3) is 6.49. The molecule has 162 valence electrons. The number of carbonyl (C=O) groups is 2. The second-order valence-corrected chi connectivity index (χ2v) is 8.07. The standard InChI is InChI=1S/C24H31ClN2O3/c1-6-17(3)26-24(29)19(5)27(14-20-10-12-21(25)13-11-20)23(28)15-30-22-9-7-8-16(2)18(22)4/h7-13,17,19H,6,14-15H2,1-5H3,(H,26,29). The van der Waals surface area contributed by atoms with Gasteiger partial charge in [-0.1, -0.05) is 42.8 Å². The van der Waals surface area contributed by atoms with E-state index in [-0.39, 0.29) is 24.5 Å². The van der Waals surface area contributed by atoms with Crippen LogP contribution in [0.4, 0.5) is 0 Å². The summed E-state index contributed by atoms with van der Waals surface area (Å²) in [5.74, 6) is 0.238. The molecule has 0 radical (unpaired) electrons. The van der Waals surface area contributed by atoms with Gasteiger partial charge in [-0.15, -0.1) is 0 Å². The summed E-state index contributed by atoms with van der Waals surface area (Å²) in [4.78, 5) is 27.3. The smallest absolute Gasteiger partial charge is 0.261 e. The highest BCUT2D eigenvalue weighted by Crippen LogP contribution is 2.21. The van der Waals surface area contributed by atoms with E-state index in [9.17, 15) is 9.59 Å². The Morgan fingerprint density at radius 2 is 1.77 bits per heavy atom. The zero-order valence-corrected chi connectivity index (χ0v) is 19.1. The van der Waals surface area contributed by atoms with Gasteiger partial charge in [0.05, 0.1) is 0 Å². The van der Waals surface area contributed by atoms with Crippen LogP contribution in [0.5, 0.6) is 5.75 Å². The molecule has 2 unspecified atom stereocenters. The lowest BCUT2D eigenvalue weighted by Crippen LogP contribution is -2.50. The Morgan fingerprint density at radius 1 is 1.10 bits per heavy atom. The molecule has 6 heteroatoms. The van der Waals surface area contributed by atoms with Crippen LogP contribution in [0.2, 0.25) is 5.02 Å². The molecule has 0 heterocycles. The van der Waals surface area contributed by atoms with Crippen molar-refractivity contribution in [3.05, 3.63) is 64.2 Å². The summed E-state index contributed by atoms with van der Waals surface area (Å²) in [6.07, 6.45) is 0.819. The number of nitrogens with zero attached hydrogens (tertiary/aromatic N) is 1. The molecule has 0 aliphatic carbocycles. The van der Waals surface area contributed by atoms with Crippen LogP contribution in [0.25, 0.3) is 0 Å². The van der Waals surface area contributed by atoms with Gasteiger partial charge in [-0.25, -0.2) is 0 Å². The number of halogens is 1. The quantitative estimate of drug-likeness (QED) is 0.629. The SMILES string of the molecule is CCC(C)NC(=O)C(C)N(Cc1ccc(Cl)cc1)C(=O)COc1cccc(C)c1C. The number of hydrogen-bond acceptors (Lipinski definition) is 3. The first-order valence-corrected chi connectivity index (χ1v) is 10.6. The summed E-state index contributed by atoms with van der Waals surface area (Å²) in [6, 6.07) is 12.4. The number of ether oxygens (including phenoxy) is 1. The summed E-state index contributed by atoms with van der Waals surface area (Å²) >= 11 is 5.98. The van der Waals surface area contributed by atoms with E-state index in [2.05, 4.69) is 5.32 Å². The molecule has 1 N–H and O–H groups in total. The summed E-state index contributed by atoms with van der Waals surface area (Å²) in [7, 11) is 0. The average Bonchev–Trinajstić information content (AvgIpc) is 2.73. The van der Waals surface area contributed by atoms with E-state index in [1.54, 1.807) is 24.0 Å². The maximum Gasteiger partial charge on any atom is 0.261 e. The van der Waals surface area contributed by atoms with E-state index in [1.807, 2.05) is 58.0 Å². The normalized spacial score (nSPS) is 12.7. The van der Waals surface area contributed by atoms with Crippen LogP contribution >= 0.6 is 11.6 Å². The van der Waals surface area contributed by atoms with Gasteiger partial charge in [-0.2, -0.15) is 0 Å². The second kappa shape index (κ2) is 11.0. The first-order chi connectivity index (χ1) is 14.2. The molecule has 2 aromatic carbocycles. The van der Waals surface area contributed by atoms with Crippen molar-refractivity contribution in [1.29, 1.82) is 0 Å². The van der Waals surface area contributed by atoms with Crippen molar-refractivity contribution in [3.63, 3.8) is 0 Å². The molecule has 0 spiro atoms. The Bertz CT molecular complexity index is 867. The Balaban J connectivity index is 2.17. The Kier molecular flexibility index (Phi) is 8.72. The number of benzene rings is 2. The molecule has 0 saturated heterocycles. The predicted molar refractivity (Wildman–Crippen MR) is 121 cm³/mol. The van der Waals surface area contributed by atoms with Crippen LogP contribution in [-0.4, -0.2) is 35.4 Å². The first kappa shape index (κ1) is 23.7. The highest BCUT2D eigenvalue weighted by atomic mass is 35.5. The molecule has 2 rings (SSSR count). The zero-order valence-electron chi connectivity index (χ0n) is 18.4. The Labute approximate surface area is 184 Å². The van der Waals surface area contributed by atoms with E-state index < -0.39 is 6.04 Å². The van der Waals surface area contributed by atoms with Crippen molar-refractivity contribution in [3.8, 4) is 5.75 Å². The summed E-state index contributed by atoms with van der Waals surface area (Å²) in [5.41, 5.74) is 2.99. The molecule has 0 aliphatic rings. The predicted octanol–water partition coefficient (Wildman–Crippen LogP) is 4.67. The molecule has 2 amide bonds. The molecule has 0 saturated carbocycles. The fourth-order valence-corrected chi connectivity index (χ4v) is 3.06. The molecule has 5 nitrogen and oxygen atoms in total. The fraction of sp³-hybridized carbons (Fsp3) is 0.417. The van der Waals surface area contributed by atoms with Crippen molar-refractivity contribution >= 4 is 23.4 Å². The van der Waals surface area contributed by atoms with Crippen LogP contribution in [-0.2, 0) is 16.1 Å².